The van der Waals surface area contributed by atoms with E-state index in [-0.39, 0.29) is 0 Å². The molecule has 2 N–H and O–H groups in total. The van der Waals surface area contributed by atoms with Crippen molar-refractivity contribution in [2.75, 3.05) is 13.2 Å². The largest absolute Gasteiger partial charge is 0.458 e. The average molecular weight is 184 g/mol. The first-order chi connectivity index (χ1) is 5.38. The monoisotopic (exact) mass is 184 g/mol. The molecule has 0 saturated heterocycles. The minimum Gasteiger partial charge on any atom is -0.458 e. The van der Waals surface area contributed by atoms with Crippen LogP contribution in [0.3, 0.4) is 0 Å². The zero-order chi connectivity index (χ0) is 9.78. The molecule has 0 aromatic rings. The van der Waals surface area contributed by atoms with Crippen molar-refractivity contribution < 1.29 is 28.5 Å². The van der Waals surface area contributed by atoms with E-state index in [0.29, 0.717) is 6.92 Å². The standard InChI is InChI=1S/C6H10F2O4/c1-6(7,8)5(11)12-3-4(10)2-9/h4,9-10H,2-3H2,1H3. The van der Waals surface area contributed by atoms with Crippen LogP contribution in [0, 0.1) is 0 Å². The summed E-state index contributed by atoms with van der Waals surface area (Å²) in [5, 5.41) is 16.8. The lowest BCUT2D eigenvalue weighted by atomic mass is 10.4. The number of hydrogen-bond acceptors (Lipinski definition) is 4. The second-order valence-electron chi connectivity index (χ2n) is 2.32. The highest BCUT2D eigenvalue weighted by Crippen LogP contribution is 2.13. The van der Waals surface area contributed by atoms with Crippen molar-refractivity contribution in [1.29, 1.82) is 0 Å². The van der Waals surface area contributed by atoms with Gasteiger partial charge in [-0.3, -0.25) is 0 Å². The maximum absolute atomic E-state index is 12.1. The van der Waals surface area contributed by atoms with Gasteiger partial charge < -0.3 is 14.9 Å². The van der Waals surface area contributed by atoms with Gasteiger partial charge in [-0.2, -0.15) is 8.78 Å². The summed E-state index contributed by atoms with van der Waals surface area (Å²) in [5.41, 5.74) is 0. The second-order valence-corrected chi connectivity index (χ2v) is 2.32. The van der Waals surface area contributed by atoms with Crippen molar-refractivity contribution in [1.82, 2.24) is 0 Å². The zero-order valence-corrected chi connectivity index (χ0v) is 6.46. The topological polar surface area (TPSA) is 66.8 Å². The van der Waals surface area contributed by atoms with Crippen LogP contribution in [-0.2, 0) is 9.53 Å². The van der Waals surface area contributed by atoms with Gasteiger partial charge in [-0.25, -0.2) is 4.79 Å². The van der Waals surface area contributed by atoms with E-state index < -0.39 is 31.2 Å². The smallest absolute Gasteiger partial charge is 0.376 e. The summed E-state index contributed by atoms with van der Waals surface area (Å²) in [4.78, 5) is 10.3. The molecule has 0 aromatic heterocycles. The van der Waals surface area contributed by atoms with Gasteiger partial charge in [0.05, 0.1) is 6.61 Å². The van der Waals surface area contributed by atoms with E-state index in [9.17, 15) is 13.6 Å². The highest BCUT2D eigenvalue weighted by Gasteiger charge is 2.34. The molecule has 0 amide bonds. The van der Waals surface area contributed by atoms with Crippen molar-refractivity contribution in [3.05, 3.63) is 0 Å². The summed E-state index contributed by atoms with van der Waals surface area (Å²) < 4.78 is 28.1. The normalized spacial score (nSPS) is 14.1. The maximum Gasteiger partial charge on any atom is 0.376 e. The maximum atomic E-state index is 12.1. The summed E-state index contributed by atoms with van der Waals surface area (Å²) in [5.74, 6) is -5.27. The van der Waals surface area contributed by atoms with Gasteiger partial charge in [-0.1, -0.05) is 0 Å². The first-order valence-corrected chi connectivity index (χ1v) is 3.22. The van der Waals surface area contributed by atoms with Gasteiger partial charge in [0.2, 0.25) is 0 Å². The third-order valence-electron chi connectivity index (χ3n) is 0.976. The number of aliphatic hydroxyl groups is 2. The molecule has 6 heteroatoms. The van der Waals surface area contributed by atoms with Gasteiger partial charge >= 0.3 is 11.9 Å². The zero-order valence-electron chi connectivity index (χ0n) is 6.46. The molecule has 0 aliphatic heterocycles. The Morgan fingerprint density at radius 2 is 2.17 bits per heavy atom. The Kier molecular flexibility index (Phi) is 4.05. The van der Waals surface area contributed by atoms with Crippen LogP contribution in [0.15, 0.2) is 0 Å². The predicted octanol–water partition coefficient (Wildman–Crippen LogP) is -0.462. The average Bonchev–Trinajstić information content (AvgIpc) is 1.97. The Morgan fingerprint density at radius 1 is 1.67 bits per heavy atom. The fourth-order valence-corrected chi connectivity index (χ4v) is 0.351. The Bertz CT molecular complexity index is 154. The van der Waals surface area contributed by atoms with E-state index in [1.807, 2.05) is 0 Å². The fraction of sp³-hybridized carbons (Fsp3) is 0.833. The molecular formula is C6H10F2O4. The molecule has 0 aromatic carbocycles. The van der Waals surface area contributed by atoms with Crippen LogP contribution in [0.4, 0.5) is 8.78 Å². The number of carbonyl (C=O) groups excluding carboxylic acids is 1. The van der Waals surface area contributed by atoms with Crippen LogP contribution >= 0.6 is 0 Å². The number of halogens is 2. The number of rotatable bonds is 4. The number of hydrogen-bond donors (Lipinski definition) is 2. The molecule has 0 fully saturated rings. The van der Waals surface area contributed by atoms with Crippen molar-refractivity contribution in [2.45, 2.75) is 19.0 Å². The molecule has 72 valence electrons. The van der Waals surface area contributed by atoms with Gasteiger partial charge in [0.15, 0.2) is 0 Å². The molecule has 0 aliphatic rings. The number of alkyl halides is 2. The van der Waals surface area contributed by atoms with Crippen molar-refractivity contribution in [3.8, 4) is 0 Å². The predicted molar refractivity (Wildman–Crippen MR) is 34.7 cm³/mol. The number of ether oxygens (including phenoxy) is 1. The molecule has 0 aliphatic carbocycles. The molecule has 12 heavy (non-hydrogen) atoms. The fourth-order valence-electron chi connectivity index (χ4n) is 0.351. The number of carbonyl (C=O) groups is 1. The molecular weight excluding hydrogens is 174 g/mol. The second kappa shape index (κ2) is 4.32. The third-order valence-corrected chi connectivity index (χ3v) is 0.976. The quantitative estimate of drug-likeness (QED) is 0.580. The molecule has 0 heterocycles. The highest BCUT2D eigenvalue weighted by atomic mass is 19.3. The molecule has 0 bridgehead atoms. The first-order valence-electron chi connectivity index (χ1n) is 3.22. The molecule has 4 nitrogen and oxygen atoms in total. The highest BCUT2D eigenvalue weighted by molar-refractivity contribution is 5.76. The van der Waals surface area contributed by atoms with Gasteiger partial charge in [-0.15, -0.1) is 0 Å². The van der Waals surface area contributed by atoms with E-state index in [2.05, 4.69) is 4.74 Å². The SMILES string of the molecule is CC(F)(F)C(=O)OCC(O)CO. The van der Waals surface area contributed by atoms with Gasteiger partial charge in [0, 0.05) is 6.92 Å². The van der Waals surface area contributed by atoms with E-state index in [1.165, 1.54) is 0 Å². The summed E-state index contributed by atoms with van der Waals surface area (Å²) in [6.45, 7) is -0.873. The minimum atomic E-state index is -3.56. The van der Waals surface area contributed by atoms with Crippen LogP contribution in [-0.4, -0.2) is 41.4 Å². The van der Waals surface area contributed by atoms with E-state index in [4.69, 9.17) is 10.2 Å². The summed E-state index contributed by atoms with van der Waals surface area (Å²) in [6.07, 6.45) is -1.31. The third kappa shape index (κ3) is 4.20. The van der Waals surface area contributed by atoms with Crippen LogP contribution in [0.25, 0.3) is 0 Å². The van der Waals surface area contributed by atoms with Gasteiger partial charge in [0.1, 0.15) is 12.7 Å². The lowest BCUT2D eigenvalue weighted by molar-refractivity contribution is -0.172. The minimum absolute atomic E-state index is 0.390. The summed E-state index contributed by atoms with van der Waals surface area (Å²) in [6, 6.07) is 0. The number of aliphatic hydroxyl groups excluding tert-OH is 2. The van der Waals surface area contributed by atoms with E-state index in [1.54, 1.807) is 0 Å². The summed E-state index contributed by atoms with van der Waals surface area (Å²) >= 11 is 0. The molecule has 0 radical (unpaired) electrons. The summed E-state index contributed by atoms with van der Waals surface area (Å²) in [7, 11) is 0. The van der Waals surface area contributed by atoms with E-state index in [0.717, 1.165) is 0 Å². The van der Waals surface area contributed by atoms with Crippen molar-refractivity contribution >= 4 is 5.97 Å². The van der Waals surface area contributed by atoms with Crippen LogP contribution < -0.4 is 0 Å². The molecule has 1 atom stereocenters. The first kappa shape index (κ1) is 11.2. The van der Waals surface area contributed by atoms with Gasteiger partial charge in [0.25, 0.3) is 0 Å². The van der Waals surface area contributed by atoms with Gasteiger partial charge in [-0.05, 0) is 0 Å². The number of esters is 1. The van der Waals surface area contributed by atoms with E-state index >= 15 is 0 Å². The van der Waals surface area contributed by atoms with Crippen molar-refractivity contribution in [3.63, 3.8) is 0 Å². The van der Waals surface area contributed by atoms with Crippen molar-refractivity contribution in [2.24, 2.45) is 0 Å². The van der Waals surface area contributed by atoms with Crippen LogP contribution in [0.5, 0.6) is 0 Å². The Labute approximate surface area is 67.8 Å². The lowest BCUT2D eigenvalue weighted by Gasteiger charge is -2.11. The Morgan fingerprint density at radius 3 is 2.50 bits per heavy atom. The Hall–Kier alpha value is -0.750. The molecule has 0 rings (SSSR count). The Balaban J connectivity index is 3.73. The molecule has 1 unspecified atom stereocenters. The molecule has 0 spiro atoms. The van der Waals surface area contributed by atoms with Crippen LogP contribution in [0.1, 0.15) is 6.92 Å². The van der Waals surface area contributed by atoms with Crippen LogP contribution in [0.2, 0.25) is 0 Å². The lowest BCUT2D eigenvalue weighted by Crippen LogP contribution is -2.31. The molecule has 0 saturated carbocycles.